The topological polar surface area (TPSA) is 87.0 Å². The summed E-state index contributed by atoms with van der Waals surface area (Å²) >= 11 is 3.57. The molecule has 0 radical (unpaired) electrons. The Morgan fingerprint density at radius 3 is 2.40 bits per heavy atom. The van der Waals surface area contributed by atoms with Crippen LogP contribution in [-0.4, -0.2) is 16.7 Å². The first-order valence-electron chi connectivity index (χ1n) is 11.6. The molecule has 0 aliphatic rings. The van der Waals surface area contributed by atoms with Crippen LogP contribution in [0.3, 0.4) is 0 Å². The third-order valence-corrected chi connectivity index (χ3v) is 7.87. The van der Waals surface area contributed by atoms with Gasteiger partial charge in [0, 0.05) is 23.6 Å². The molecule has 0 saturated heterocycles. The molecule has 0 bridgehead atoms. The molecule has 0 saturated carbocycles. The van der Waals surface area contributed by atoms with E-state index in [1.807, 2.05) is 39.2 Å². The van der Waals surface area contributed by atoms with Crippen LogP contribution in [0.5, 0.6) is 0 Å². The van der Waals surface area contributed by atoms with Crippen molar-refractivity contribution in [1.82, 2.24) is 4.98 Å². The second kappa shape index (κ2) is 11.5. The second-order valence-electron chi connectivity index (χ2n) is 8.22. The number of aromatic nitrogens is 1. The van der Waals surface area contributed by atoms with Gasteiger partial charge in [0.15, 0.2) is 5.69 Å². The number of thiazole rings is 1. The quantitative estimate of drug-likeness (QED) is 0.143. The second-order valence-corrected chi connectivity index (χ2v) is 10.9. The molecule has 0 spiro atoms. The maximum absolute atomic E-state index is 13.7. The zero-order valence-corrected chi connectivity index (χ0v) is 23.0. The van der Waals surface area contributed by atoms with Crippen molar-refractivity contribution in [2.45, 2.75) is 13.1 Å². The molecule has 5 rings (SSSR count). The van der Waals surface area contributed by atoms with Gasteiger partial charge in [-0.2, -0.15) is 24.5 Å². The summed E-state index contributed by atoms with van der Waals surface area (Å²) in [6.45, 7) is 1.33. The number of alkyl halides is 3. The van der Waals surface area contributed by atoms with E-state index < -0.39 is 22.5 Å². The molecule has 3 aromatic heterocycles. The van der Waals surface area contributed by atoms with Gasteiger partial charge in [-0.1, -0.05) is 41.7 Å². The zero-order chi connectivity index (χ0) is 28.3. The molecule has 202 valence electrons. The molecule has 3 heterocycles. The molecular formula is C27H18F3N5O2S3. The lowest BCUT2D eigenvalue weighted by Gasteiger charge is -2.23. The molecule has 13 heteroatoms. The Morgan fingerprint density at radius 2 is 1.75 bits per heavy atom. The largest absolute Gasteiger partial charge is 0.435 e. The van der Waals surface area contributed by atoms with Crippen LogP contribution in [0.4, 0.5) is 46.1 Å². The first-order valence-corrected chi connectivity index (χ1v) is 14.2. The normalized spacial score (nSPS) is 11.6. The van der Waals surface area contributed by atoms with E-state index in [1.165, 1.54) is 41.7 Å². The van der Waals surface area contributed by atoms with Crippen LogP contribution < -0.4 is 10.2 Å². The highest BCUT2D eigenvalue weighted by atomic mass is 32.1. The number of azo groups is 1. The minimum Gasteiger partial charge on any atom is -0.324 e. The van der Waals surface area contributed by atoms with E-state index in [4.69, 9.17) is 0 Å². The minimum absolute atomic E-state index is 0.101. The molecule has 1 N–H and O–H groups in total. The van der Waals surface area contributed by atoms with Crippen LogP contribution >= 0.6 is 34.0 Å². The van der Waals surface area contributed by atoms with Crippen molar-refractivity contribution in [3.05, 3.63) is 99.0 Å². The van der Waals surface area contributed by atoms with Gasteiger partial charge in [0.05, 0.1) is 16.4 Å². The molecule has 40 heavy (non-hydrogen) atoms. The van der Waals surface area contributed by atoms with E-state index >= 15 is 0 Å². The van der Waals surface area contributed by atoms with Gasteiger partial charge in [-0.25, -0.2) is 4.98 Å². The fraction of sp³-hybridized carbons (Fsp3) is 0.0741. The van der Waals surface area contributed by atoms with E-state index in [0.717, 1.165) is 16.4 Å². The first-order chi connectivity index (χ1) is 19.2. The van der Waals surface area contributed by atoms with Gasteiger partial charge in [-0.3, -0.25) is 9.59 Å². The number of rotatable bonds is 8. The van der Waals surface area contributed by atoms with E-state index in [0.29, 0.717) is 17.0 Å². The number of ketones is 1. The lowest BCUT2D eigenvalue weighted by Crippen LogP contribution is -2.12. The number of carbonyl (C=O) groups is 2. The summed E-state index contributed by atoms with van der Waals surface area (Å²) in [5.41, 5.74) is 0.945. The Kier molecular flexibility index (Phi) is 7.87. The molecule has 0 fully saturated rings. The van der Waals surface area contributed by atoms with Crippen LogP contribution in [0.15, 0.2) is 93.1 Å². The lowest BCUT2D eigenvalue weighted by atomic mass is 10.1. The van der Waals surface area contributed by atoms with Gasteiger partial charge in [0.2, 0.25) is 16.8 Å². The van der Waals surface area contributed by atoms with Crippen LogP contribution in [0.25, 0.3) is 0 Å². The van der Waals surface area contributed by atoms with Crippen LogP contribution in [-0.2, 0) is 11.0 Å². The SMILES string of the molecule is CC(=O)Nc1cc(N(c2ccsc2)c2cccs2)ccc1/N=N/c1nc(C(F)(F)F)c(C(=O)c2ccccc2)s1. The van der Waals surface area contributed by atoms with Gasteiger partial charge < -0.3 is 10.2 Å². The third kappa shape index (κ3) is 6.01. The maximum Gasteiger partial charge on any atom is 0.435 e. The van der Waals surface area contributed by atoms with Gasteiger partial charge in [0.1, 0.15) is 10.6 Å². The van der Waals surface area contributed by atoms with Crippen LogP contribution in [0, 0.1) is 0 Å². The zero-order valence-electron chi connectivity index (χ0n) is 20.5. The molecule has 2 aromatic carbocycles. The number of hydrogen-bond donors (Lipinski definition) is 1. The predicted molar refractivity (Wildman–Crippen MR) is 152 cm³/mol. The average molecular weight is 598 g/mol. The highest BCUT2D eigenvalue weighted by molar-refractivity contribution is 7.17. The van der Waals surface area contributed by atoms with Crippen molar-refractivity contribution < 1.29 is 22.8 Å². The monoisotopic (exact) mass is 597 g/mol. The number of anilines is 4. The smallest absolute Gasteiger partial charge is 0.324 e. The van der Waals surface area contributed by atoms with Crippen LogP contribution in [0.2, 0.25) is 0 Å². The van der Waals surface area contributed by atoms with Gasteiger partial charge in [-0.15, -0.1) is 21.6 Å². The Labute approximate surface area is 238 Å². The molecular weight excluding hydrogens is 580 g/mol. The van der Waals surface area contributed by atoms with Gasteiger partial charge in [0.25, 0.3) is 0 Å². The third-order valence-electron chi connectivity index (χ3n) is 5.41. The summed E-state index contributed by atoms with van der Waals surface area (Å²) in [5, 5.41) is 17.2. The molecule has 5 aromatic rings. The van der Waals surface area contributed by atoms with Crippen molar-refractivity contribution in [1.29, 1.82) is 0 Å². The molecule has 0 atom stereocenters. The number of amides is 1. The predicted octanol–water partition coefficient (Wildman–Crippen LogP) is 9.36. The Balaban J connectivity index is 1.52. The molecule has 7 nitrogen and oxygen atoms in total. The Bertz CT molecular complexity index is 1630. The van der Waals surface area contributed by atoms with Crippen molar-refractivity contribution in [3.63, 3.8) is 0 Å². The fourth-order valence-electron chi connectivity index (χ4n) is 3.74. The number of halogens is 3. The molecule has 1 amide bonds. The first kappa shape index (κ1) is 27.4. The number of hydrogen-bond acceptors (Lipinski definition) is 9. The Morgan fingerprint density at radius 1 is 0.950 bits per heavy atom. The summed E-state index contributed by atoms with van der Waals surface area (Å²) < 4.78 is 41.2. The maximum atomic E-state index is 13.7. The number of nitrogens with zero attached hydrogens (tertiary/aromatic N) is 4. The number of nitrogens with one attached hydrogen (secondary N) is 1. The standard InChI is InChI=1S/C27H18F3N5O2S3/c1-16(36)31-21-14-18(35(19-11-13-38-15-19)22-8-5-12-39-22)9-10-20(21)33-34-26-32-25(27(28,29)30)24(40-26)23(37)17-6-3-2-4-7-17/h2-15H,1H3,(H,31,36)/b34-33+. The minimum atomic E-state index is -4.86. The summed E-state index contributed by atoms with van der Waals surface area (Å²) in [5.74, 6) is -1.17. The highest BCUT2D eigenvalue weighted by Crippen LogP contribution is 2.42. The van der Waals surface area contributed by atoms with E-state index in [-0.39, 0.29) is 22.3 Å². The highest BCUT2D eigenvalue weighted by Gasteiger charge is 2.40. The Hall–Kier alpha value is -4.20. The van der Waals surface area contributed by atoms with Crippen molar-refractivity contribution >= 4 is 78.6 Å². The lowest BCUT2D eigenvalue weighted by molar-refractivity contribution is -0.141. The summed E-state index contributed by atoms with van der Waals surface area (Å²) in [6, 6.07) is 18.6. The fourth-order valence-corrected chi connectivity index (χ4v) is 6.00. The number of carbonyl (C=O) groups excluding carboxylic acids is 2. The molecule has 0 unspecified atom stereocenters. The summed E-state index contributed by atoms with van der Waals surface area (Å²) in [6.07, 6.45) is -4.86. The number of benzene rings is 2. The van der Waals surface area contributed by atoms with Crippen molar-refractivity contribution in [2.24, 2.45) is 10.2 Å². The van der Waals surface area contributed by atoms with Crippen molar-refractivity contribution in [2.75, 3.05) is 10.2 Å². The average Bonchev–Trinajstić information content (AvgIpc) is 3.71. The van der Waals surface area contributed by atoms with Crippen LogP contribution in [0.1, 0.15) is 27.9 Å². The van der Waals surface area contributed by atoms with E-state index in [1.54, 1.807) is 36.4 Å². The van der Waals surface area contributed by atoms with E-state index in [9.17, 15) is 22.8 Å². The molecule has 0 aliphatic heterocycles. The van der Waals surface area contributed by atoms with Gasteiger partial charge in [-0.05, 0) is 47.2 Å². The summed E-state index contributed by atoms with van der Waals surface area (Å²) in [4.78, 5) is 29.8. The summed E-state index contributed by atoms with van der Waals surface area (Å²) in [7, 11) is 0. The van der Waals surface area contributed by atoms with E-state index in [2.05, 4.69) is 20.5 Å². The number of thiophene rings is 2. The van der Waals surface area contributed by atoms with Crippen molar-refractivity contribution in [3.8, 4) is 0 Å². The molecule has 0 aliphatic carbocycles. The van der Waals surface area contributed by atoms with Gasteiger partial charge >= 0.3 is 6.18 Å².